The molecule has 6 nitrogen and oxygen atoms in total. The second-order valence-electron chi connectivity index (χ2n) is 6.86. The zero-order valence-corrected chi connectivity index (χ0v) is 15.2. The van der Waals surface area contributed by atoms with Crippen LogP contribution in [0.1, 0.15) is 48.8 Å². The van der Waals surface area contributed by atoms with E-state index in [4.69, 9.17) is 4.42 Å². The van der Waals surface area contributed by atoms with E-state index in [-0.39, 0.29) is 34.7 Å². The van der Waals surface area contributed by atoms with E-state index in [2.05, 4.69) is 10.1 Å². The molecule has 1 amide bonds. The van der Waals surface area contributed by atoms with Crippen LogP contribution in [0.4, 0.5) is 13.2 Å². The van der Waals surface area contributed by atoms with Crippen LogP contribution < -0.4 is 0 Å². The Balaban J connectivity index is 1.80. The van der Waals surface area contributed by atoms with Crippen LogP contribution in [-0.2, 0) is 6.18 Å². The standard InChI is InChI=1S/C19H19F3N4O2/c1-2-12-6-3-4-8-25(12)18(27)14-11-17-23-13(15-7-5-9-28-15)10-16(19(20,21)22)26(17)24-14/h5,7,9-12H,2-4,6,8H2,1H3. The molecule has 1 unspecified atom stereocenters. The first kappa shape index (κ1) is 18.5. The van der Waals surface area contributed by atoms with Gasteiger partial charge in [0.2, 0.25) is 0 Å². The van der Waals surface area contributed by atoms with E-state index in [0.29, 0.717) is 11.1 Å². The van der Waals surface area contributed by atoms with Crippen LogP contribution in [0, 0.1) is 0 Å². The van der Waals surface area contributed by atoms with E-state index < -0.39 is 11.9 Å². The number of carbonyl (C=O) groups excluding carboxylic acids is 1. The summed E-state index contributed by atoms with van der Waals surface area (Å²) in [7, 11) is 0. The van der Waals surface area contributed by atoms with Gasteiger partial charge in [-0.15, -0.1) is 0 Å². The molecule has 1 fully saturated rings. The molecule has 3 aromatic heterocycles. The fourth-order valence-corrected chi connectivity index (χ4v) is 3.67. The Hall–Kier alpha value is -2.84. The van der Waals surface area contributed by atoms with E-state index in [1.165, 1.54) is 18.4 Å². The largest absolute Gasteiger partial charge is 0.463 e. The minimum atomic E-state index is -4.66. The number of likely N-dealkylation sites (tertiary alicyclic amines) is 1. The van der Waals surface area contributed by atoms with Crippen LogP contribution in [0.25, 0.3) is 17.1 Å². The minimum absolute atomic E-state index is 0.0325. The van der Waals surface area contributed by atoms with Crippen molar-refractivity contribution in [1.82, 2.24) is 19.5 Å². The van der Waals surface area contributed by atoms with Gasteiger partial charge in [-0.05, 0) is 43.9 Å². The Morgan fingerprint density at radius 2 is 2.14 bits per heavy atom. The van der Waals surface area contributed by atoms with Crippen molar-refractivity contribution < 1.29 is 22.4 Å². The first-order valence-electron chi connectivity index (χ1n) is 9.21. The number of piperidine rings is 1. The molecule has 28 heavy (non-hydrogen) atoms. The monoisotopic (exact) mass is 392 g/mol. The average molecular weight is 392 g/mol. The number of hydrogen-bond donors (Lipinski definition) is 0. The summed E-state index contributed by atoms with van der Waals surface area (Å²) in [6, 6.07) is 5.37. The highest BCUT2D eigenvalue weighted by Crippen LogP contribution is 2.32. The number of rotatable bonds is 3. The van der Waals surface area contributed by atoms with Crippen LogP contribution in [-0.4, -0.2) is 38.0 Å². The Bertz CT molecular complexity index is 995. The number of alkyl halides is 3. The van der Waals surface area contributed by atoms with E-state index >= 15 is 0 Å². The summed E-state index contributed by atoms with van der Waals surface area (Å²) in [5.41, 5.74) is -1.05. The van der Waals surface area contributed by atoms with Crippen molar-refractivity contribution in [3.8, 4) is 11.5 Å². The molecule has 1 aliphatic heterocycles. The second kappa shape index (κ2) is 6.96. The summed E-state index contributed by atoms with van der Waals surface area (Å²) in [4.78, 5) is 18.9. The predicted octanol–water partition coefficient (Wildman–Crippen LogP) is 4.41. The lowest BCUT2D eigenvalue weighted by Gasteiger charge is -2.34. The number of fused-ring (bicyclic) bond motifs is 1. The van der Waals surface area contributed by atoms with Gasteiger partial charge in [-0.25, -0.2) is 9.50 Å². The van der Waals surface area contributed by atoms with Crippen molar-refractivity contribution >= 4 is 11.6 Å². The number of nitrogens with zero attached hydrogens (tertiary/aromatic N) is 4. The summed E-state index contributed by atoms with van der Waals surface area (Å²) < 4.78 is 46.7. The van der Waals surface area contributed by atoms with Crippen molar-refractivity contribution in [1.29, 1.82) is 0 Å². The summed E-state index contributed by atoms with van der Waals surface area (Å²) >= 11 is 0. The van der Waals surface area contributed by atoms with Crippen molar-refractivity contribution in [2.45, 2.75) is 44.8 Å². The molecule has 0 aliphatic carbocycles. The van der Waals surface area contributed by atoms with E-state index in [9.17, 15) is 18.0 Å². The third-order valence-corrected chi connectivity index (χ3v) is 5.07. The van der Waals surface area contributed by atoms with Gasteiger partial charge in [0, 0.05) is 18.7 Å². The summed E-state index contributed by atoms with van der Waals surface area (Å²) in [5.74, 6) is -0.145. The molecular formula is C19H19F3N4O2. The minimum Gasteiger partial charge on any atom is -0.463 e. The molecule has 3 aromatic rings. The Morgan fingerprint density at radius 3 is 2.82 bits per heavy atom. The van der Waals surface area contributed by atoms with Crippen molar-refractivity contribution in [2.75, 3.05) is 6.54 Å². The zero-order valence-electron chi connectivity index (χ0n) is 15.2. The van der Waals surface area contributed by atoms with Crippen LogP contribution in [0.5, 0.6) is 0 Å². The Morgan fingerprint density at radius 1 is 1.32 bits per heavy atom. The highest BCUT2D eigenvalue weighted by atomic mass is 19.4. The first-order chi connectivity index (χ1) is 13.4. The van der Waals surface area contributed by atoms with Gasteiger partial charge in [-0.1, -0.05) is 6.92 Å². The lowest BCUT2D eigenvalue weighted by atomic mass is 9.99. The van der Waals surface area contributed by atoms with Crippen LogP contribution in [0.2, 0.25) is 0 Å². The molecule has 0 aromatic carbocycles. The van der Waals surface area contributed by atoms with Crippen molar-refractivity contribution in [2.24, 2.45) is 0 Å². The maximum atomic E-state index is 13.6. The number of halogens is 3. The topological polar surface area (TPSA) is 63.6 Å². The lowest BCUT2D eigenvalue weighted by Crippen LogP contribution is -2.43. The molecule has 148 valence electrons. The maximum absolute atomic E-state index is 13.6. The number of furan rings is 1. The highest BCUT2D eigenvalue weighted by molar-refractivity contribution is 5.93. The van der Waals surface area contributed by atoms with Gasteiger partial charge in [0.15, 0.2) is 22.8 Å². The van der Waals surface area contributed by atoms with Crippen LogP contribution >= 0.6 is 0 Å². The maximum Gasteiger partial charge on any atom is 0.433 e. The fourth-order valence-electron chi connectivity index (χ4n) is 3.67. The van der Waals surface area contributed by atoms with Gasteiger partial charge >= 0.3 is 6.18 Å². The number of hydrogen-bond acceptors (Lipinski definition) is 4. The van der Waals surface area contributed by atoms with E-state index in [1.54, 1.807) is 11.0 Å². The van der Waals surface area contributed by atoms with Gasteiger partial charge in [-0.3, -0.25) is 4.79 Å². The van der Waals surface area contributed by atoms with Gasteiger partial charge in [0.25, 0.3) is 5.91 Å². The van der Waals surface area contributed by atoms with Crippen molar-refractivity contribution in [3.63, 3.8) is 0 Å². The molecular weight excluding hydrogens is 373 g/mol. The van der Waals surface area contributed by atoms with E-state index in [1.807, 2.05) is 6.92 Å². The normalized spacial score (nSPS) is 18.0. The molecule has 1 saturated heterocycles. The molecule has 1 atom stereocenters. The SMILES string of the molecule is CCC1CCCCN1C(=O)c1cc2nc(-c3ccco3)cc(C(F)(F)F)n2n1. The fraction of sp³-hybridized carbons (Fsp3) is 0.421. The second-order valence-corrected chi connectivity index (χ2v) is 6.86. The van der Waals surface area contributed by atoms with Gasteiger partial charge in [-0.2, -0.15) is 18.3 Å². The van der Waals surface area contributed by atoms with Gasteiger partial charge in [0.05, 0.1) is 6.26 Å². The molecule has 4 rings (SSSR count). The Kier molecular flexibility index (Phi) is 4.60. The zero-order chi connectivity index (χ0) is 19.9. The van der Waals surface area contributed by atoms with Gasteiger partial charge in [0.1, 0.15) is 5.69 Å². The van der Waals surface area contributed by atoms with Gasteiger partial charge < -0.3 is 9.32 Å². The summed E-state index contributed by atoms with van der Waals surface area (Å²) in [6.07, 6.45) is 0.315. The molecule has 4 heterocycles. The number of aromatic nitrogens is 3. The van der Waals surface area contributed by atoms with E-state index in [0.717, 1.165) is 31.7 Å². The van der Waals surface area contributed by atoms with Crippen LogP contribution in [0.3, 0.4) is 0 Å². The molecule has 1 aliphatic rings. The molecule has 0 spiro atoms. The smallest absolute Gasteiger partial charge is 0.433 e. The number of carbonyl (C=O) groups is 1. The first-order valence-corrected chi connectivity index (χ1v) is 9.21. The highest BCUT2D eigenvalue weighted by Gasteiger charge is 2.36. The predicted molar refractivity (Wildman–Crippen MR) is 94.7 cm³/mol. The molecule has 0 saturated carbocycles. The Labute approximate surface area is 159 Å². The quantitative estimate of drug-likeness (QED) is 0.662. The molecule has 0 radical (unpaired) electrons. The summed E-state index contributed by atoms with van der Waals surface area (Å²) in [6.45, 7) is 2.58. The molecule has 0 N–H and O–H groups in total. The van der Waals surface area contributed by atoms with Crippen LogP contribution in [0.15, 0.2) is 34.9 Å². The van der Waals surface area contributed by atoms with Crippen molar-refractivity contribution in [3.05, 3.63) is 41.9 Å². The molecule has 9 heteroatoms. The lowest BCUT2D eigenvalue weighted by molar-refractivity contribution is -0.142. The molecule has 0 bridgehead atoms. The average Bonchev–Trinajstić information content (AvgIpc) is 3.35. The third kappa shape index (κ3) is 3.25. The summed E-state index contributed by atoms with van der Waals surface area (Å²) in [5, 5.41) is 3.96. The number of amides is 1. The third-order valence-electron chi connectivity index (χ3n) is 5.07.